The fourth-order valence-corrected chi connectivity index (χ4v) is 3.70. The molecule has 160 valence electrons. The highest BCUT2D eigenvalue weighted by Crippen LogP contribution is 2.27. The van der Waals surface area contributed by atoms with Gasteiger partial charge in [0, 0.05) is 30.9 Å². The van der Waals surface area contributed by atoms with Crippen LogP contribution in [0.4, 0.5) is 4.39 Å². The Morgan fingerprint density at radius 3 is 2.61 bits per heavy atom. The first-order valence-corrected chi connectivity index (χ1v) is 9.90. The summed E-state index contributed by atoms with van der Waals surface area (Å²) in [5.74, 6) is -1.22. The highest BCUT2D eigenvalue weighted by molar-refractivity contribution is 5.97. The largest absolute Gasteiger partial charge is 0.485 e. The number of aromatic nitrogens is 2. The predicted octanol–water partition coefficient (Wildman–Crippen LogP) is 2.91. The van der Waals surface area contributed by atoms with Gasteiger partial charge in [0.15, 0.2) is 11.6 Å². The number of halogens is 1. The van der Waals surface area contributed by atoms with Crippen molar-refractivity contribution in [2.24, 2.45) is 0 Å². The monoisotopic (exact) mass is 423 g/mol. The van der Waals surface area contributed by atoms with Gasteiger partial charge in [-0.15, -0.1) is 0 Å². The maximum atomic E-state index is 14.0. The van der Waals surface area contributed by atoms with Crippen LogP contribution >= 0.6 is 0 Å². The molecule has 1 saturated heterocycles. The molecule has 2 aromatic carbocycles. The van der Waals surface area contributed by atoms with Crippen LogP contribution in [0, 0.1) is 5.82 Å². The number of imidazole rings is 1. The van der Waals surface area contributed by atoms with Gasteiger partial charge in [-0.25, -0.2) is 14.2 Å². The molecule has 1 fully saturated rings. The van der Waals surface area contributed by atoms with E-state index in [1.54, 1.807) is 36.8 Å². The van der Waals surface area contributed by atoms with E-state index in [1.807, 2.05) is 22.9 Å². The number of nitrogens with zero attached hydrogens (tertiary/aromatic N) is 3. The highest BCUT2D eigenvalue weighted by Gasteiger charge is 2.42. The minimum absolute atomic E-state index is 0.0919. The van der Waals surface area contributed by atoms with Gasteiger partial charge < -0.3 is 18.9 Å². The second-order valence-electron chi connectivity index (χ2n) is 7.33. The molecule has 1 aromatic heterocycles. The SMILES string of the molecule is COC(=O)[C@H]1C[C@H](Oc2ccccc2F)CN1C(=O)c1ccc(Cn2ccnc2)cc1. The average Bonchev–Trinajstić information content (AvgIpc) is 3.45. The first-order chi connectivity index (χ1) is 15.0. The maximum absolute atomic E-state index is 14.0. The molecule has 1 amide bonds. The molecule has 1 aliphatic heterocycles. The Labute approximate surface area is 179 Å². The van der Waals surface area contributed by atoms with Gasteiger partial charge in [0.2, 0.25) is 0 Å². The van der Waals surface area contributed by atoms with Crippen LogP contribution in [-0.2, 0) is 16.1 Å². The number of methoxy groups -OCH3 is 1. The molecule has 8 heteroatoms. The third-order valence-electron chi connectivity index (χ3n) is 5.25. The molecule has 0 bridgehead atoms. The molecule has 0 radical (unpaired) electrons. The minimum atomic E-state index is -0.792. The van der Waals surface area contributed by atoms with Gasteiger partial charge in [0.1, 0.15) is 12.1 Å². The Balaban J connectivity index is 1.49. The Kier molecular flexibility index (Phi) is 5.97. The van der Waals surface area contributed by atoms with Crippen molar-refractivity contribution in [2.75, 3.05) is 13.7 Å². The summed E-state index contributed by atoms with van der Waals surface area (Å²) in [5.41, 5.74) is 1.47. The lowest BCUT2D eigenvalue weighted by molar-refractivity contribution is -0.145. The molecule has 0 spiro atoms. The van der Waals surface area contributed by atoms with Gasteiger partial charge in [-0.2, -0.15) is 0 Å². The molecule has 4 rings (SSSR count). The van der Waals surface area contributed by atoms with Gasteiger partial charge >= 0.3 is 5.97 Å². The van der Waals surface area contributed by atoms with E-state index >= 15 is 0 Å². The molecule has 2 atom stereocenters. The standard InChI is InChI=1S/C23H22FN3O4/c1-30-23(29)20-12-18(31-21-5-3-2-4-19(21)24)14-27(20)22(28)17-8-6-16(7-9-17)13-26-11-10-25-15-26/h2-11,15,18,20H,12-14H2,1H3/t18-,20+/m0/s1. The van der Waals surface area contributed by atoms with Crippen LogP contribution in [0.25, 0.3) is 0 Å². The van der Waals surface area contributed by atoms with Crippen LogP contribution < -0.4 is 4.74 Å². The zero-order chi connectivity index (χ0) is 21.8. The van der Waals surface area contributed by atoms with Crippen LogP contribution in [0.3, 0.4) is 0 Å². The second kappa shape index (κ2) is 8.99. The van der Waals surface area contributed by atoms with Crippen LogP contribution in [-0.4, -0.2) is 52.1 Å². The molecular formula is C23H22FN3O4. The number of benzene rings is 2. The third-order valence-corrected chi connectivity index (χ3v) is 5.25. The maximum Gasteiger partial charge on any atom is 0.328 e. The van der Waals surface area contributed by atoms with Crippen molar-refractivity contribution in [1.82, 2.24) is 14.5 Å². The van der Waals surface area contributed by atoms with Gasteiger partial charge in [-0.3, -0.25) is 4.79 Å². The number of para-hydroxylation sites is 1. The van der Waals surface area contributed by atoms with Crippen molar-refractivity contribution in [1.29, 1.82) is 0 Å². The number of carbonyl (C=O) groups is 2. The molecule has 3 aromatic rings. The van der Waals surface area contributed by atoms with Crippen molar-refractivity contribution in [3.05, 3.63) is 84.2 Å². The molecule has 31 heavy (non-hydrogen) atoms. The fraction of sp³-hybridized carbons (Fsp3) is 0.261. The van der Waals surface area contributed by atoms with E-state index in [9.17, 15) is 14.0 Å². The number of esters is 1. The van der Waals surface area contributed by atoms with Crippen molar-refractivity contribution < 1.29 is 23.5 Å². The lowest BCUT2D eigenvalue weighted by Gasteiger charge is -2.22. The third kappa shape index (κ3) is 4.58. The number of carbonyl (C=O) groups excluding carboxylic acids is 2. The molecular weight excluding hydrogens is 401 g/mol. The number of amides is 1. The molecule has 0 N–H and O–H groups in total. The Bertz CT molecular complexity index is 1050. The summed E-state index contributed by atoms with van der Waals surface area (Å²) in [6.07, 6.45) is 4.99. The predicted molar refractivity (Wildman–Crippen MR) is 110 cm³/mol. The van der Waals surface area contributed by atoms with Crippen LogP contribution in [0.15, 0.2) is 67.3 Å². The topological polar surface area (TPSA) is 73.7 Å². The normalized spacial score (nSPS) is 18.1. The molecule has 0 aliphatic carbocycles. The molecule has 1 aliphatic rings. The second-order valence-corrected chi connectivity index (χ2v) is 7.33. The van der Waals surface area contributed by atoms with E-state index in [2.05, 4.69) is 4.98 Å². The molecule has 2 heterocycles. The van der Waals surface area contributed by atoms with E-state index in [0.717, 1.165) is 5.56 Å². The molecule has 7 nitrogen and oxygen atoms in total. The first-order valence-electron chi connectivity index (χ1n) is 9.90. The number of hydrogen-bond acceptors (Lipinski definition) is 5. The van der Waals surface area contributed by atoms with Crippen molar-refractivity contribution in [2.45, 2.75) is 25.1 Å². The lowest BCUT2D eigenvalue weighted by Crippen LogP contribution is -2.41. The average molecular weight is 423 g/mol. The summed E-state index contributed by atoms with van der Waals surface area (Å²) < 4.78 is 26.5. The number of ether oxygens (including phenoxy) is 2. The van der Waals surface area contributed by atoms with E-state index in [1.165, 1.54) is 24.1 Å². The molecule has 0 unspecified atom stereocenters. The summed E-state index contributed by atoms with van der Waals surface area (Å²) >= 11 is 0. The zero-order valence-electron chi connectivity index (χ0n) is 17.0. The summed E-state index contributed by atoms with van der Waals surface area (Å²) in [5, 5.41) is 0. The summed E-state index contributed by atoms with van der Waals surface area (Å²) in [6, 6.07) is 12.5. The first kappa shape index (κ1) is 20.6. The molecule has 0 saturated carbocycles. The van der Waals surface area contributed by atoms with Crippen LogP contribution in [0.2, 0.25) is 0 Å². The quantitative estimate of drug-likeness (QED) is 0.570. The number of rotatable bonds is 6. The lowest BCUT2D eigenvalue weighted by atomic mass is 10.1. The van der Waals surface area contributed by atoms with Crippen molar-refractivity contribution in [3.8, 4) is 5.75 Å². The van der Waals surface area contributed by atoms with Gasteiger partial charge in [-0.05, 0) is 29.8 Å². The van der Waals surface area contributed by atoms with E-state index < -0.39 is 23.9 Å². The van der Waals surface area contributed by atoms with Gasteiger partial charge in [-0.1, -0.05) is 24.3 Å². The van der Waals surface area contributed by atoms with E-state index in [4.69, 9.17) is 9.47 Å². The van der Waals surface area contributed by atoms with Gasteiger partial charge in [0.05, 0.1) is 20.0 Å². The zero-order valence-corrected chi connectivity index (χ0v) is 17.0. The van der Waals surface area contributed by atoms with Gasteiger partial charge in [0.25, 0.3) is 5.91 Å². The smallest absolute Gasteiger partial charge is 0.328 e. The van der Waals surface area contributed by atoms with Crippen LogP contribution in [0.5, 0.6) is 5.75 Å². The van der Waals surface area contributed by atoms with Crippen molar-refractivity contribution >= 4 is 11.9 Å². The summed E-state index contributed by atoms with van der Waals surface area (Å²) in [6.45, 7) is 0.797. The van der Waals surface area contributed by atoms with Crippen molar-refractivity contribution in [3.63, 3.8) is 0 Å². The number of likely N-dealkylation sites (tertiary alicyclic amines) is 1. The Hall–Kier alpha value is -3.68. The van der Waals surface area contributed by atoms with E-state index in [0.29, 0.717) is 12.1 Å². The Morgan fingerprint density at radius 2 is 1.94 bits per heavy atom. The highest BCUT2D eigenvalue weighted by atomic mass is 19.1. The minimum Gasteiger partial charge on any atom is -0.485 e. The summed E-state index contributed by atoms with van der Waals surface area (Å²) in [7, 11) is 1.28. The summed E-state index contributed by atoms with van der Waals surface area (Å²) in [4.78, 5) is 30.9. The van der Waals surface area contributed by atoms with Crippen LogP contribution in [0.1, 0.15) is 22.3 Å². The fourth-order valence-electron chi connectivity index (χ4n) is 3.70. The number of hydrogen-bond donors (Lipinski definition) is 0. The Morgan fingerprint density at radius 1 is 1.16 bits per heavy atom. The van der Waals surface area contributed by atoms with E-state index in [-0.39, 0.29) is 24.6 Å².